The molecule has 0 bridgehead atoms. The number of aryl methyl sites for hydroxylation is 1. The zero-order valence-corrected chi connectivity index (χ0v) is 13.5. The predicted molar refractivity (Wildman–Crippen MR) is 90.2 cm³/mol. The molecule has 1 aromatic carbocycles. The van der Waals surface area contributed by atoms with E-state index in [1.165, 1.54) is 0 Å². The van der Waals surface area contributed by atoms with E-state index in [9.17, 15) is 4.79 Å². The first-order chi connectivity index (χ1) is 11.1. The van der Waals surface area contributed by atoms with Crippen LogP contribution in [0.15, 0.2) is 48.8 Å². The fourth-order valence-electron chi connectivity index (χ4n) is 2.29. The lowest BCUT2D eigenvalue weighted by molar-refractivity contribution is 0.102. The Kier molecular flexibility index (Phi) is 4.12. The van der Waals surface area contributed by atoms with E-state index in [4.69, 9.17) is 11.6 Å². The van der Waals surface area contributed by atoms with Crippen LogP contribution in [0.5, 0.6) is 0 Å². The number of benzene rings is 1. The first-order valence-electron chi connectivity index (χ1n) is 7.10. The van der Waals surface area contributed by atoms with Gasteiger partial charge in [0, 0.05) is 11.2 Å². The molecule has 0 aliphatic carbocycles. The van der Waals surface area contributed by atoms with Gasteiger partial charge < -0.3 is 5.32 Å². The second-order valence-electron chi connectivity index (χ2n) is 5.16. The van der Waals surface area contributed by atoms with Crippen molar-refractivity contribution in [2.45, 2.75) is 13.8 Å². The first kappa shape index (κ1) is 15.2. The van der Waals surface area contributed by atoms with E-state index >= 15 is 0 Å². The van der Waals surface area contributed by atoms with Crippen LogP contribution < -0.4 is 5.32 Å². The molecular weight excluding hydrogens is 312 g/mol. The standard InChI is InChI=1S/C17H15ClN4O/c1-11-5-4-8-19-16(11)21-17(23)15-10-20-22(12(15)2)14-7-3-6-13(18)9-14/h3-10H,1-2H3,(H,19,21,23). The lowest BCUT2D eigenvalue weighted by Crippen LogP contribution is -2.14. The van der Waals surface area contributed by atoms with Gasteiger partial charge >= 0.3 is 0 Å². The van der Waals surface area contributed by atoms with Gasteiger partial charge in [0.2, 0.25) is 0 Å². The molecule has 2 heterocycles. The van der Waals surface area contributed by atoms with E-state index in [1.807, 2.05) is 38.1 Å². The quantitative estimate of drug-likeness (QED) is 0.796. The minimum atomic E-state index is -0.238. The summed E-state index contributed by atoms with van der Waals surface area (Å²) in [5, 5.41) is 7.72. The second kappa shape index (κ2) is 6.22. The van der Waals surface area contributed by atoms with Crippen molar-refractivity contribution in [3.05, 3.63) is 70.6 Å². The molecule has 23 heavy (non-hydrogen) atoms. The first-order valence-corrected chi connectivity index (χ1v) is 7.47. The molecule has 0 aliphatic heterocycles. The van der Waals surface area contributed by atoms with Crippen molar-refractivity contribution in [1.82, 2.24) is 14.8 Å². The van der Waals surface area contributed by atoms with Gasteiger partial charge in [0.1, 0.15) is 5.82 Å². The van der Waals surface area contributed by atoms with Gasteiger partial charge in [-0.2, -0.15) is 5.10 Å². The number of carbonyl (C=O) groups excluding carboxylic acids is 1. The summed E-state index contributed by atoms with van der Waals surface area (Å²) in [5.74, 6) is 0.310. The monoisotopic (exact) mass is 326 g/mol. The number of anilines is 1. The molecule has 0 aliphatic rings. The Morgan fingerprint density at radius 3 is 2.78 bits per heavy atom. The van der Waals surface area contributed by atoms with Crippen LogP contribution in [0.1, 0.15) is 21.6 Å². The van der Waals surface area contributed by atoms with Crippen LogP contribution in [0.4, 0.5) is 5.82 Å². The number of amides is 1. The Morgan fingerprint density at radius 2 is 2.04 bits per heavy atom. The average Bonchev–Trinajstić information content (AvgIpc) is 2.91. The minimum absolute atomic E-state index is 0.238. The summed E-state index contributed by atoms with van der Waals surface area (Å²) in [4.78, 5) is 16.6. The predicted octanol–water partition coefficient (Wildman–Crippen LogP) is 3.79. The maximum absolute atomic E-state index is 12.5. The Labute approximate surface area is 138 Å². The molecule has 3 aromatic rings. The van der Waals surface area contributed by atoms with Gasteiger partial charge in [-0.3, -0.25) is 4.79 Å². The van der Waals surface area contributed by atoms with Gasteiger partial charge in [-0.15, -0.1) is 0 Å². The van der Waals surface area contributed by atoms with Crippen molar-refractivity contribution < 1.29 is 4.79 Å². The fraction of sp³-hybridized carbons (Fsp3) is 0.118. The number of hydrogen-bond acceptors (Lipinski definition) is 3. The smallest absolute Gasteiger partial charge is 0.260 e. The molecule has 0 saturated heterocycles. The van der Waals surface area contributed by atoms with Gasteiger partial charge in [-0.05, 0) is 43.7 Å². The Balaban J connectivity index is 1.90. The van der Waals surface area contributed by atoms with Gasteiger partial charge in [-0.25, -0.2) is 9.67 Å². The molecule has 1 N–H and O–H groups in total. The van der Waals surface area contributed by atoms with Gasteiger partial charge in [0.25, 0.3) is 5.91 Å². The van der Waals surface area contributed by atoms with Crippen LogP contribution in [0.3, 0.4) is 0 Å². The molecule has 0 spiro atoms. The lowest BCUT2D eigenvalue weighted by atomic mass is 10.2. The Morgan fingerprint density at radius 1 is 1.22 bits per heavy atom. The van der Waals surface area contributed by atoms with Crippen LogP contribution in [-0.2, 0) is 0 Å². The molecule has 0 radical (unpaired) electrons. The van der Waals surface area contributed by atoms with Crippen LogP contribution in [-0.4, -0.2) is 20.7 Å². The molecule has 6 heteroatoms. The summed E-state index contributed by atoms with van der Waals surface area (Å²) >= 11 is 6.01. The highest BCUT2D eigenvalue weighted by atomic mass is 35.5. The largest absolute Gasteiger partial charge is 0.306 e. The normalized spacial score (nSPS) is 10.6. The highest BCUT2D eigenvalue weighted by molar-refractivity contribution is 6.30. The van der Waals surface area contributed by atoms with E-state index < -0.39 is 0 Å². The summed E-state index contributed by atoms with van der Waals surface area (Å²) in [6.07, 6.45) is 3.19. The number of nitrogens with zero attached hydrogens (tertiary/aromatic N) is 3. The van der Waals surface area contributed by atoms with Crippen molar-refractivity contribution in [1.29, 1.82) is 0 Å². The second-order valence-corrected chi connectivity index (χ2v) is 5.59. The van der Waals surface area contributed by atoms with E-state index in [0.717, 1.165) is 16.9 Å². The molecular formula is C17H15ClN4O. The van der Waals surface area contributed by atoms with E-state index in [-0.39, 0.29) is 5.91 Å². The summed E-state index contributed by atoms with van der Waals surface area (Å²) in [6.45, 7) is 3.74. The van der Waals surface area contributed by atoms with Crippen LogP contribution in [0, 0.1) is 13.8 Å². The third-order valence-corrected chi connectivity index (χ3v) is 3.78. The Bertz CT molecular complexity index is 873. The molecule has 0 saturated carbocycles. The molecule has 1 amide bonds. The molecule has 0 fully saturated rings. The van der Waals surface area contributed by atoms with Gasteiger partial charge in [-0.1, -0.05) is 23.7 Å². The van der Waals surface area contributed by atoms with Crippen LogP contribution >= 0.6 is 11.6 Å². The van der Waals surface area contributed by atoms with Crippen molar-refractivity contribution in [2.75, 3.05) is 5.32 Å². The van der Waals surface area contributed by atoms with E-state index in [0.29, 0.717) is 16.4 Å². The number of hydrogen-bond donors (Lipinski definition) is 1. The van der Waals surface area contributed by atoms with E-state index in [1.54, 1.807) is 29.2 Å². The van der Waals surface area contributed by atoms with Gasteiger partial charge in [0.05, 0.1) is 23.1 Å². The van der Waals surface area contributed by atoms with Crippen LogP contribution in [0.2, 0.25) is 5.02 Å². The maximum Gasteiger partial charge on any atom is 0.260 e. The number of aromatic nitrogens is 3. The number of rotatable bonds is 3. The minimum Gasteiger partial charge on any atom is -0.306 e. The highest BCUT2D eigenvalue weighted by Gasteiger charge is 2.16. The third-order valence-electron chi connectivity index (χ3n) is 3.55. The summed E-state index contributed by atoms with van der Waals surface area (Å²) in [6, 6.07) is 11.0. The number of carbonyl (C=O) groups is 1. The van der Waals surface area contributed by atoms with Crippen molar-refractivity contribution in [3.8, 4) is 5.69 Å². The summed E-state index contributed by atoms with van der Waals surface area (Å²) in [5.41, 5.74) is 2.94. The van der Waals surface area contributed by atoms with Crippen LogP contribution in [0.25, 0.3) is 5.69 Å². The topological polar surface area (TPSA) is 59.8 Å². The molecule has 2 aromatic heterocycles. The van der Waals surface area contributed by atoms with Crippen molar-refractivity contribution >= 4 is 23.3 Å². The number of nitrogens with one attached hydrogen (secondary N) is 1. The SMILES string of the molecule is Cc1cccnc1NC(=O)c1cnn(-c2cccc(Cl)c2)c1C. The molecule has 0 atom stereocenters. The average molecular weight is 327 g/mol. The summed E-state index contributed by atoms with van der Waals surface area (Å²) < 4.78 is 1.69. The molecule has 3 rings (SSSR count). The maximum atomic E-state index is 12.5. The number of pyridine rings is 1. The summed E-state index contributed by atoms with van der Waals surface area (Å²) in [7, 11) is 0. The zero-order valence-electron chi connectivity index (χ0n) is 12.7. The lowest BCUT2D eigenvalue weighted by Gasteiger charge is -2.08. The third kappa shape index (κ3) is 3.10. The van der Waals surface area contributed by atoms with Crippen molar-refractivity contribution in [2.24, 2.45) is 0 Å². The molecule has 5 nitrogen and oxygen atoms in total. The highest BCUT2D eigenvalue weighted by Crippen LogP contribution is 2.19. The van der Waals surface area contributed by atoms with E-state index in [2.05, 4.69) is 15.4 Å². The fourth-order valence-corrected chi connectivity index (χ4v) is 2.48. The molecule has 116 valence electrons. The Hall–Kier alpha value is -2.66. The van der Waals surface area contributed by atoms with Gasteiger partial charge in [0.15, 0.2) is 0 Å². The number of halogens is 1. The zero-order chi connectivity index (χ0) is 16.4. The molecule has 0 unspecified atom stereocenters. The van der Waals surface area contributed by atoms with Crippen molar-refractivity contribution in [3.63, 3.8) is 0 Å².